The number of hydrogen-bond acceptors (Lipinski definition) is 5. The Hall–Kier alpha value is -2.12. The second-order valence-corrected chi connectivity index (χ2v) is 6.29. The van der Waals surface area contributed by atoms with Crippen molar-refractivity contribution in [2.24, 2.45) is 5.92 Å². The summed E-state index contributed by atoms with van der Waals surface area (Å²) in [5, 5.41) is 2.73. The van der Waals surface area contributed by atoms with Crippen molar-refractivity contribution in [2.75, 3.05) is 38.2 Å². The minimum Gasteiger partial charge on any atom is -0.482 e. The number of hydrogen-bond donors (Lipinski definition) is 1. The zero-order chi connectivity index (χ0) is 16.5. The van der Waals surface area contributed by atoms with E-state index in [1.807, 2.05) is 4.90 Å². The molecular weight excluding hydrogens is 312 g/mol. The highest BCUT2D eigenvalue weighted by atomic mass is 16.7. The summed E-state index contributed by atoms with van der Waals surface area (Å²) in [5.41, 5.74) is 1.19. The van der Waals surface area contributed by atoms with Gasteiger partial charge in [0, 0.05) is 24.6 Å². The zero-order valence-electron chi connectivity index (χ0n) is 13.3. The average Bonchev–Trinajstić information content (AvgIpc) is 3.15. The Kier molecular flexibility index (Phi) is 4.12. The summed E-state index contributed by atoms with van der Waals surface area (Å²) in [6.07, 6.45) is 1.66. The van der Waals surface area contributed by atoms with E-state index in [0.717, 1.165) is 12.8 Å². The molecule has 1 N–H and O–H groups in total. The van der Waals surface area contributed by atoms with Gasteiger partial charge in [-0.2, -0.15) is 0 Å². The molecule has 2 fully saturated rings. The first-order valence-corrected chi connectivity index (χ1v) is 8.30. The van der Waals surface area contributed by atoms with Crippen LogP contribution in [-0.2, 0) is 14.3 Å². The van der Waals surface area contributed by atoms with Crippen LogP contribution in [0.25, 0.3) is 0 Å². The Morgan fingerprint density at radius 1 is 1.17 bits per heavy atom. The van der Waals surface area contributed by atoms with Gasteiger partial charge >= 0.3 is 0 Å². The van der Waals surface area contributed by atoms with Crippen LogP contribution in [0.1, 0.15) is 23.2 Å². The molecule has 7 heteroatoms. The highest BCUT2D eigenvalue weighted by Gasteiger charge is 2.32. The van der Waals surface area contributed by atoms with E-state index in [1.54, 1.807) is 18.2 Å². The number of fused-ring (bicyclic) bond motifs is 1. The number of benzene rings is 1. The molecule has 4 rings (SSSR count). The second kappa shape index (κ2) is 6.41. The van der Waals surface area contributed by atoms with Gasteiger partial charge in [0.25, 0.3) is 11.8 Å². The predicted octanol–water partition coefficient (Wildman–Crippen LogP) is 1.24. The second-order valence-electron chi connectivity index (χ2n) is 6.29. The summed E-state index contributed by atoms with van der Waals surface area (Å²) >= 11 is 0. The lowest BCUT2D eigenvalue weighted by atomic mass is 9.95. The molecule has 3 aliphatic heterocycles. The van der Waals surface area contributed by atoms with Gasteiger partial charge in [-0.15, -0.1) is 0 Å². The molecule has 24 heavy (non-hydrogen) atoms. The van der Waals surface area contributed by atoms with Crippen molar-refractivity contribution in [3.05, 3.63) is 23.8 Å². The Morgan fingerprint density at radius 3 is 2.67 bits per heavy atom. The zero-order valence-corrected chi connectivity index (χ0v) is 13.3. The van der Waals surface area contributed by atoms with Gasteiger partial charge in [0.15, 0.2) is 12.9 Å². The number of nitrogens with zero attached hydrogens (tertiary/aromatic N) is 1. The summed E-state index contributed by atoms with van der Waals surface area (Å²) in [6.45, 7) is 2.70. The van der Waals surface area contributed by atoms with E-state index in [1.165, 1.54) is 0 Å². The molecule has 2 saturated heterocycles. The van der Waals surface area contributed by atoms with Crippen LogP contribution in [0.4, 0.5) is 5.69 Å². The van der Waals surface area contributed by atoms with Gasteiger partial charge in [0.2, 0.25) is 0 Å². The smallest absolute Gasteiger partial charge is 0.262 e. The van der Waals surface area contributed by atoms with Crippen LogP contribution < -0.4 is 10.1 Å². The van der Waals surface area contributed by atoms with Gasteiger partial charge in [-0.25, -0.2) is 0 Å². The predicted molar refractivity (Wildman–Crippen MR) is 84.9 cm³/mol. The van der Waals surface area contributed by atoms with Crippen molar-refractivity contribution >= 4 is 17.5 Å². The largest absolute Gasteiger partial charge is 0.482 e. The molecule has 3 heterocycles. The third-order valence-corrected chi connectivity index (χ3v) is 4.72. The number of piperidine rings is 1. The quantitative estimate of drug-likeness (QED) is 0.882. The summed E-state index contributed by atoms with van der Waals surface area (Å²) in [7, 11) is 0. The lowest BCUT2D eigenvalue weighted by Crippen LogP contribution is -2.41. The number of likely N-dealkylation sites (tertiary alicyclic amines) is 1. The molecule has 0 bridgehead atoms. The van der Waals surface area contributed by atoms with E-state index >= 15 is 0 Å². The topological polar surface area (TPSA) is 77.1 Å². The Morgan fingerprint density at radius 2 is 1.92 bits per heavy atom. The van der Waals surface area contributed by atoms with Gasteiger partial charge in [-0.1, -0.05) is 0 Å². The van der Waals surface area contributed by atoms with E-state index < -0.39 is 0 Å². The minimum absolute atomic E-state index is 0.00925. The van der Waals surface area contributed by atoms with E-state index in [2.05, 4.69) is 5.32 Å². The Balaban J connectivity index is 1.40. The monoisotopic (exact) mass is 332 g/mol. The summed E-state index contributed by atoms with van der Waals surface area (Å²) in [6, 6.07) is 5.14. The first-order valence-electron chi connectivity index (χ1n) is 8.30. The average molecular weight is 332 g/mol. The van der Waals surface area contributed by atoms with Crippen molar-refractivity contribution < 1.29 is 23.8 Å². The molecule has 0 saturated carbocycles. The highest BCUT2D eigenvalue weighted by Crippen LogP contribution is 2.30. The van der Waals surface area contributed by atoms with Crippen LogP contribution in [0.2, 0.25) is 0 Å². The van der Waals surface area contributed by atoms with Gasteiger partial charge in [0.1, 0.15) is 5.75 Å². The van der Waals surface area contributed by atoms with Crippen LogP contribution in [0.3, 0.4) is 0 Å². The minimum atomic E-state index is -0.181. The van der Waals surface area contributed by atoms with Crippen molar-refractivity contribution in [3.8, 4) is 5.75 Å². The van der Waals surface area contributed by atoms with E-state index in [0.29, 0.717) is 49.2 Å². The fourth-order valence-electron chi connectivity index (χ4n) is 3.41. The highest BCUT2D eigenvalue weighted by molar-refractivity contribution is 5.99. The maximum Gasteiger partial charge on any atom is 0.262 e. The van der Waals surface area contributed by atoms with Crippen LogP contribution in [0.15, 0.2) is 18.2 Å². The van der Waals surface area contributed by atoms with Crippen LogP contribution in [-0.4, -0.2) is 55.9 Å². The fraction of sp³-hybridized carbons (Fsp3) is 0.529. The Bertz CT molecular complexity index is 648. The van der Waals surface area contributed by atoms with Gasteiger partial charge in [0.05, 0.1) is 18.9 Å². The van der Waals surface area contributed by atoms with Crippen LogP contribution >= 0.6 is 0 Å². The van der Waals surface area contributed by atoms with Crippen molar-refractivity contribution in [3.63, 3.8) is 0 Å². The summed E-state index contributed by atoms with van der Waals surface area (Å²) in [5.74, 6) is 0.715. The van der Waals surface area contributed by atoms with Gasteiger partial charge in [-0.05, 0) is 31.0 Å². The number of anilines is 1. The molecule has 0 radical (unpaired) electrons. The summed E-state index contributed by atoms with van der Waals surface area (Å²) < 4.78 is 16.5. The fourth-order valence-corrected chi connectivity index (χ4v) is 3.41. The van der Waals surface area contributed by atoms with E-state index in [-0.39, 0.29) is 24.7 Å². The molecule has 2 amide bonds. The van der Waals surface area contributed by atoms with Crippen molar-refractivity contribution in [2.45, 2.75) is 19.1 Å². The maximum absolute atomic E-state index is 12.7. The molecule has 7 nitrogen and oxygen atoms in total. The first-order chi connectivity index (χ1) is 11.7. The standard InChI is InChI=1S/C17H20N2O5/c20-15-10-24-14-9-12(1-2-13(14)18-15)16(21)19-5-3-11(4-6-19)17-22-7-8-23-17/h1-2,9,11,17H,3-8,10H2,(H,18,20). The number of carbonyl (C=O) groups excluding carboxylic acids is 2. The molecule has 128 valence electrons. The molecule has 1 aromatic carbocycles. The van der Waals surface area contributed by atoms with E-state index in [4.69, 9.17) is 14.2 Å². The number of nitrogens with one attached hydrogen (secondary N) is 1. The number of ether oxygens (including phenoxy) is 3. The Labute approximate surface area is 139 Å². The molecular formula is C17H20N2O5. The number of rotatable bonds is 2. The lowest BCUT2D eigenvalue weighted by molar-refractivity contribution is -0.118. The molecule has 0 aromatic heterocycles. The SMILES string of the molecule is O=C1COc2cc(C(=O)N3CCC(C4OCCO4)CC3)ccc2N1. The number of amides is 2. The van der Waals surface area contributed by atoms with Gasteiger partial charge in [-0.3, -0.25) is 9.59 Å². The van der Waals surface area contributed by atoms with Crippen LogP contribution in [0, 0.1) is 5.92 Å². The van der Waals surface area contributed by atoms with Crippen molar-refractivity contribution in [1.29, 1.82) is 0 Å². The lowest BCUT2D eigenvalue weighted by Gasteiger charge is -2.34. The first kappa shape index (κ1) is 15.4. The number of carbonyl (C=O) groups is 2. The summed E-state index contributed by atoms with van der Waals surface area (Å²) in [4.78, 5) is 25.9. The normalized spacial score (nSPS) is 22.0. The molecule has 0 spiro atoms. The molecule has 0 aliphatic carbocycles. The van der Waals surface area contributed by atoms with Gasteiger partial charge < -0.3 is 24.4 Å². The third-order valence-electron chi connectivity index (χ3n) is 4.72. The third kappa shape index (κ3) is 2.97. The molecule has 1 aromatic rings. The maximum atomic E-state index is 12.7. The molecule has 0 atom stereocenters. The van der Waals surface area contributed by atoms with Crippen molar-refractivity contribution in [1.82, 2.24) is 4.90 Å². The molecule has 0 unspecified atom stereocenters. The molecule has 3 aliphatic rings. The van der Waals surface area contributed by atoms with Crippen LogP contribution in [0.5, 0.6) is 5.75 Å². The van der Waals surface area contributed by atoms with E-state index in [9.17, 15) is 9.59 Å².